The zero-order valence-electron chi connectivity index (χ0n) is 8.54. The Morgan fingerprint density at radius 2 is 2.25 bits per heavy atom. The number of rotatable bonds is 4. The van der Waals surface area contributed by atoms with Crippen LogP contribution in [0.4, 0.5) is 0 Å². The topological polar surface area (TPSA) is 27.1 Å². The first-order valence-corrected chi connectivity index (χ1v) is 5.06. The van der Waals surface area contributed by atoms with E-state index in [1.807, 2.05) is 29.0 Å². The van der Waals surface area contributed by atoms with E-state index in [2.05, 4.69) is 4.98 Å². The van der Waals surface area contributed by atoms with Gasteiger partial charge in [-0.3, -0.25) is 0 Å². The van der Waals surface area contributed by atoms with Crippen molar-refractivity contribution in [3.8, 4) is 5.75 Å². The van der Waals surface area contributed by atoms with E-state index in [9.17, 15) is 0 Å². The molecule has 0 saturated heterocycles. The van der Waals surface area contributed by atoms with Crippen molar-refractivity contribution < 1.29 is 4.74 Å². The minimum atomic E-state index is 0. The maximum atomic E-state index is 5.83. The van der Waals surface area contributed by atoms with Crippen LogP contribution < -0.4 is 4.74 Å². The molecule has 0 fully saturated rings. The minimum Gasteiger partial charge on any atom is -0.492 e. The summed E-state index contributed by atoms with van der Waals surface area (Å²) in [5, 5.41) is 0.690. The van der Waals surface area contributed by atoms with Gasteiger partial charge in [0.2, 0.25) is 0 Å². The highest BCUT2D eigenvalue weighted by molar-refractivity contribution is 6.30. The first-order valence-electron chi connectivity index (χ1n) is 4.69. The van der Waals surface area contributed by atoms with Crippen LogP contribution in [-0.4, -0.2) is 16.2 Å². The SMILES string of the molecule is Cl.Clc1cccc(OCCn2ccnc2)c1. The van der Waals surface area contributed by atoms with Crippen LogP contribution in [0.2, 0.25) is 5.02 Å². The molecule has 86 valence electrons. The van der Waals surface area contributed by atoms with Crippen LogP contribution in [0.1, 0.15) is 0 Å². The summed E-state index contributed by atoms with van der Waals surface area (Å²) in [6, 6.07) is 7.38. The number of hydrogen-bond acceptors (Lipinski definition) is 2. The Bertz CT molecular complexity index is 418. The normalized spacial score (nSPS) is 9.56. The van der Waals surface area contributed by atoms with Crippen molar-refractivity contribution >= 4 is 24.0 Å². The molecule has 0 unspecified atom stereocenters. The summed E-state index contributed by atoms with van der Waals surface area (Å²) < 4.78 is 7.49. The molecule has 16 heavy (non-hydrogen) atoms. The van der Waals surface area contributed by atoms with E-state index in [-0.39, 0.29) is 12.4 Å². The molecule has 1 heterocycles. The van der Waals surface area contributed by atoms with Gasteiger partial charge >= 0.3 is 0 Å². The lowest BCUT2D eigenvalue weighted by Crippen LogP contribution is -2.06. The first kappa shape index (κ1) is 12.9. The summed E-state index contributed by atoms with van der Waals surface area (Å²) in [6.07, 6.45) is 5.42. The summed E-state index contributed by atoms with van der Waals surface area (Å²) in [6.45, 7) is 1.39. The molecule has 2 rings (SSSR count). The monoisotopic (exact) mass is 258 g/mol. The van der Waals surface area contributed by atoms with Crippen molar-refractivity contribution in [3.63, 3.8) is 0 Å². The van der Waals surface area contributed by atoms with E-state index >= 15 is 0 Å². The Labute approximate surface area is 105 Å². The second-order valence-corrected chi connectivity index (χ2v) is 3.54. The predicted octanol–water partition coefficient (Wildman–Crippen LogP) is 3.04. The summed E-state index contributed by atoms with van der Waals surface area (Å²) in [7, 11) is 0. The van der Waals surface area contributed by atoms with E-state index in [4.69, 9.17) is 16.3 Å². The van der Waals surface area contributed by atoms with Gasteiger partial charge in [-0.1, -0.05) is 17.7 Å². The fourth-order valence-electron chi connectivity index (χ4n) is 1.24. The van der Waals surface area contributed by atoms with Gasteiger partial charge in [0.15, 0.2) is 0 Å². The first-order chi connectivity index (χ1) is 7.34. The third-order valence-corrected chi connectivity index (χ3v) is 2.21. The molecule has 2 aromatic rings. The lowest BCUT2D eigenvalue weighted by molar-refractivity contribution is 0.298. The fourth-order valence-corrected chi connectivity index (χ4v) is 1.42. The Morgan fingerprint density at radius 1 is 1.38 bits per heavy atom. The number of nitrogens with zero attached hydrogens (tertiary/aromatic N) is 2. The molecule has 0 saturated carbocycles. The van der Waals surface area contributed by atoms with Crippen molar-refractivity contribution in [2.45, 2.75) is 6.54 Å². The Hall–Kier alpha value is -1.19. The molecule has 5 heteroatoms. The molecule has 0 radical (unpaired) electrons. The molecule has 1 aromatic heterocycles. The van der Waals surface area contributed by atoms with Crippen molar-refractivity contribution in [1.82, 2.24) is 9.55 Å². The third kappa shape index (κ3) is 3.76. The maximum absolute atomic E-state index is 5.83. The average molecular weight is 259 g/mol. The molecule has 1 aromatic carbocycles. The van der Waals surface area contributed by atoms with Crippen molar-refractivity contribution in [2.24, 2.45) is 0 Å². The molecule has 0 spiro atoms. The van der Waals surface area contributed by atoms with Crippen LogP contribution >= 0.6 is 24.0 Å². The number of aromatic nitrogens is 2. The number of hydrogen-bond donors (Lipinski definition) is 0. The van der Waals surface area contributed by atoms with E-state index < -0.39 is 0 Å². The Kier molecular flexibility index (Phi) is 5.15. The second-order valence-electron chi connectivity index (χ2n) is 3.11. The summed E-state index contributed by atoms with van der Waals surface area (Å²) >= 11 is 5.83. The third-order valence-electron chi connectivity index (χ3n) is 1.97. The lowest BCUT2D eigenvalue weighted by atomic mass is 10.3. The van der Waals surface area contributed by atoms with Gasteiger partial charge in [-0.15, -0.1) is 12.4 Å². The van der Waals surface area contributed by atoms with Gasteiger partial charge in [-0.05, 0) is 18.2 Å². The molecular formula is C11H12Cl2N2O. The number of halogens is 2. The summed E-state index contributed by atoms with van der Waals surface area (Å²) in [5.41, 5.74) is 0. The van der Waals surface area contributed by atoms with Crippen LogP contribution in [0.3, 0.4) is 0 Å². The molecule has 0 amide bonds. The predicted molar refractivity (Wildman–Crippen MR) is 66.4 cm³/mol. The molecular weight excluding hydrogens is 247 g/mol. The highest BCUT2D eigenvalue weighted by Gasteiger charge is 1.95. The van der Waals surface area contributed by atoms with Gasteiger partial charge in [-0.25, -0.2) is 4.98 Å². The van der Waals surface area contributed by atoms with E-state index in [1.165, 1.54) is 0 Å². The molecule has 0 aliphatic carbocycles. The van der Waals surface area contributed by atoms with Gasteiger partial charge < -0.3 is 9.30 Å². The Balaban J connectivity index is 0.00000128. The number of benzene rings is 1. The molecule has 0 aliphatic rings. The lowest BCUT2D eigenvalue weighted by Gasteiger charge is -2.06. The van der Waals surface area contributed by atoms with E-state index in [1.54, 1.807) is 18.6 Å². The van der Waals surface area contributed by atoms with E-state index in [0.717, 1.165) is 12.3 Å². The van der Waals surface area contributed by atoms with Gasteiger partial charge in [0.1, 0.15) is 12.4 Å². The van der Waals surface area contributed by atoms with Crippen LogP contribution in [0.25, 0.3) is 0 Å². The van der Waals surface area contributed by atoms with Crippen molar-refractivity contribution in [1.29, 1.82) is 0 Å². The molecule has 0 aliphatic heterocycles. The highest BCUT2D eigenvalue weighted by atomic mass is 35.5. The molecule has 0 bridgehead atoms. The van der Waals surface area contributed by atoms with Crippen LogP contribution in [0.15, 0.2) is 43.0 Å². The highest BCUT2D eigenvalue weighted by Crippen LogP contribution is 2.16. The van der Waals surface area contributed by atoms with Crippen LogP contribution in [0, 0.1) is 0 Å². The van der Waals surface area contributed by atoms with Gasteiger partial charge in [0.05, 0.1) is 12.9 Å². The molecule has 3 nitrogen and oxygen atoms in total. The molecule has 0 atom stereocenters. The minimum absolute atomic E-state index is 0. The standard InChI is InChI=1S/C11H11ClN2O.ClH/c12-10-2-1-3-11(8-10)15-7-6-14-5-4-13-9-14;/h1-5,8-9H,6-7H2;1H. The smallest absolute Gasteiger partial charge is 0.120 e. The van der Waals surface area contributed by atoms with Gasteiger partial charge in [-0.2, -0.15) is 0 Å². The average Bonchev–Trinajstić information content (AvgIpc) is 2.71. The van der Waals surface area contributed by atoms with Crippen molar-refractivity contribution in [3.05, 3.63) is 48.0 Å². The van der Waals surface area contributed by atoms with Crippen LogP contribution in [0.5, 0.6) is 5.75 Å². The summed E-state index contributed by atoms with van der Waals surface area (Å²) in [4.78, 5) is 3.95. The zero-order chi connectivity index (χ0) is 10.5. The fraction of sp³-hybridized carbons (Fsp3) is 0.182. The largest absolute Gasteiger partial charge is 0.492 e. The number of ether oxygens (including phenoxy) is 1. The second kappa shape index (κ2) is 6.40. The quantitative estimate of drug-likeness (QED) is 0.843. The summed E-state index contributed by atoms with van der Waals surface area (Å²) in [5.74, 6) is 0.794. The Morgan fingerprint density at radius 3 is 2.94 bits per heavy atom. The van der Waals surface area contributed by atoms with Gasteiger partial charge in [0, 0.05) is 17.4 Å². The number of imidazole rings is 1. The van der Waals surface area contributed by atoms with Crippen molar-refractivity contribution in [2.75, 3.05) is 6.61 Å². The van der Waals surface area contributed by atoms with E-state index in [0.29, 0.717) is 11.6 Å². The maximum Gasteiger partial charge on any atom is 0.120 e. The van der Waals surface area contributed by atoms with Crippen LogP contribution in [-0.2, 0) is 6.54 Å². The zero-order valence-corrected chi connectivity index (χ0v) is 10.1. The molecule has 0 N–H and O–H groups in total. The van der Waals surface area contributed by atoms with Gasteiger partial charge in [0.25, 0.3) is 0 Å².